The number of imidazole rings is 1. The molecule has 2 N–H and O–H groups in total. The summed E-state index contributed by atoms with van der Waals surface area (Å²) >= 11 is 0. The van der Waals surface area contributed by atoms with E-state index in [2.05, 4.69) is 16.8 Å². The van der Waals surface area contributed by atoms with Crippen LogP contribution in [-0.2, 0) is 27.8 Å². The van der Waals surface area contributed by atoms with Crippen molar-refractivity contribution >= 4 is 38.6 Å². The molecule has 0 aliphatic heterocycles. The number of carbonyl (C=O) groups excluding carboxylic acids is 2. The molecule has 0 fully saturated rings. The zero-order chi connectivity index (χ0) is 28.0. The SMILES string of the molecule is CCCCc1nc2cc(NC(=O)CCC)ccc2n1Cc1ccc(-c2ccccc2C(=O)NS(C)(=O)=O)cc1. The van der Waals surface area contributed by atoms with Crippen molar-refractivity contribution in [1.82, 2.24) is 14.3 Å². The summed E-state index contributed by atoms with van der Waals surface area (Å²) < 4.78 is 27.4. The Labute approximate surface area is 229 Å². The van der Waals surface area contributed by atoms with E-state index in [9.17, 15) is 18.0 Å². The molecule has 0 aliphatic rings. The lowest BCUT2D eigenvalue weighted by Gasteiger charge is -2.12. The maximum absolute atomic E-state index is 12.6. The lowest BCUT2D eigenvalue weighted by Crippen LogP contribution is -2.29. The van der Waals surface area contributed by atoms with E-state index in [0.29, 0.717) is 24.1 Å². The van der Waals surface area contributed by atoms with Gasteiger partial charge in [0.2, 0.25) is 15.9 Å². The van der Waals surface area contributed by atoms with Gasteiger partial charge in [-0.05, 0) is 53.8 Å². The summed E-state index contributed by atoms with van der Waals surface area (Å²) in [5, 5.41) is 2.95. The zero-order valence-electron chi connectivity index (χ0n) is 22.5. The Kier molecular flexibility index (Phi) is 8.81. The summed E-state index contributed by atoms with van der Waals surface area (Å²) in [6, 6.07) is 20.7. The summed E-state index contributed by atoms with van der Waals surface area (Å²) in [5.74, 6) is 0.335. The van der Waals surface area contributed by atoms with Crippen LogP contribution in [0, 0.1) is 0 Å². The predicted molar refractivity (Wildman–Crippen MR) is 155 cm³/mol. The molecule has 0 bridgehead atoms. The third-order valence-corrected chi connectivity index (χ3v) is 6.95. The number of sulfonamides is 1. The standard InChI is InChI=1S/C30H34N4O4S/c1-4-6-12-28-32-26-19-23(31-29(35)9-5-2)17-18-27(26)34(28)20-21-13-15-22(16-14-21)24-10-7-8-11-25(24)30(36)33-39(3,37)38/h7-8,10-11,13-19H,4-6,9,12,20H2,1-3H3,(H,31,35)(H,33,36). The van der Waals surface area contributed by atoms with Gasteiger partial charge in [-0.25, -0.2) is 18.1 Å². The molecule has 1 aromatic heterocycles. The van der Waals surface area contributed by atoms with Gasteiger partial charge in [-0.3, -0.25) is 9.59 Å². The molecule has 1 heterocycles. The highest BCUT2D eigenvalue weighted by molar-refractivity contribution is 7.89. The summed E-state index contributed by atoms with van der Waals surface area (Å²) in [7, 11) is -3.68. The number of nitrogens with zero attached hydrogens (tertiary/aromatic N) is 2. The second kappa shape index (κ2) is 12.3. The lowest BCUT2D eigenvalue weighted by atomic mass is 9.98. The highest BCUT2D eigenvalue weighted by Crippen LogP contribution is 2.26. The normalized spacial score (nSPS) is 11.5. The number of hydrogen-bond acceptors (Lipinski definition) is 5. The first-order chi connectivity index (χ1) is 18.7. The first-order valence-electron chi connectivity index (χ1n) is 13.2. The highest BCUT2D eigenvalue weighted by Gasteiger charge is 2.17. The Bertz CT molecular complexity index is 1590. The van der Waals surface area contributed by atoms with E-state index in [1.165, 1.54) is 0 Å². The molecule has 39 heavy (non-hydrogen) atoms. The number of fused-ring (bicyclic) bond motifs is 1. The molecule has 4 aromatic rings. The number of nitrogens with one attached hydrogen (secondary N) is 2. The molecular formula is C30H34N4O4S. The summed E-state index contributed by atoms with van der Waals surface area (Å²) in [6.07, 6.45) is 5.17. The van der Waals surface area contributed by atoms with Crippen LogP contribution in [0.5, 0.6) is 0 Å². The zero-order valence-corrected chi connectivity index (χ0v) is 23.3. The summed E-state index contributed by atoms with van der Waals surface area (Å²) in [4.78, 5) is 29.5. The Morgan fingerprint density at radius 1 is 0.949 bits per heavy atom. The average Bonchev–Trinajstić information content (AvgIpc) is 3.23. The molecule has 204 valence electrons. The fourth-order valence-electron chi connectivity index (χ4n) is 4.54. The number of unbranched alkanes of at least 4 members (excludes halogenated alkanes) is 1. The topological polar surface area (TPSA) is 110 Å². The molecule has 0 radical (unpaired) electrons. The van der Waals surface area contributed by atoms with Crippen LogP contribution in [0.4, 0.5) is 5.69 Å². The molecule has 0 spiro atoms. The quantitative estimate of drug-likeness (QED) is 0.257. The van der Waals surface area contributed by atoms with Crippen molar-refractivity contribution in [3.05, 3.63) is 83.7 Å². The third-order valence-electron chi connectivity index (χ3n) is 6.40. The fourth-order valence-corrected chi connectivity index (χ4v) is 4.99. The number of rotatable bonds is 11. The number of aromatic nitrogens is 2. The monoisotopic (exact) mass is 546 g/mol. The molecule has 0 aliphatic carbocycles. The van der Waals surface area contributed by atoms with Crippen LogP contribution in [0.25, 0.3) is 22.2 Å². The van der Waals surface area contributed by atoms with Crippen molar-refractivity contribution in [2.24, 2.45) is 0 Å². The molecule has 0 saturated carbocycles. The molecule has 0 atom stereocenters. The second-order valence-corrected chi connectivity index (χ2v) is 11.4. The molecule has 8 nitrogen and oxygen atoms in total. The van der Waals surface area contributed by atoms with Gasteiger partial charge in [0.05, 0.1) is 17.3 Å². The van der Waals surface area contributed by atoms with Crippen LogP contribution in [0.2, 0.25) is 0 Å². The minimum absolute atomic E-state index is 0.00190. The molecular weight excluding hydrogens is 512 g/mol. The van der Waals surface area contributed by atoms with E-state index in [4.69, 9.17) is 4.98 Å². The van der Waals surface area contributed by atoms with Gasteiger partial charge >= 0.3 is 0 Å². The number of aryl methyl sites for hydroxylation is 1. The maximum Gasteiger partial charge on any atom is 0.265 e. The van der Waals surface area contributed by atoms with Crippen molar-refractivity contribution in [3.8, 4) is 11.1 Å². The Morgan fingerprint density at radius 3 is 2.38 bits per heavy atom. The second-order valence-electron chi connectivity index (χ2n) is 9.67. The number of hydrogen-bond donors (Lipinski definition) is 2. The van der Waals surface area contributed by atoms with Crippen molar-refractivity contribution in [1.29, 1.82) is 0 Å². The van der Waals surface area contributed by atoms with Gasteiger partial charge in [-0.2, -0.15) is 0 Å². The predicted octanol–water partition coefficient (Wildman–Crippen LogP) is 5.52. The minimum atomic E-state index is -3.68. The first kappa shape index (κ1) is 28.0. The number of carbonyl (C=O) groups is 2. The number of amides is 2. The summed E-state index contributed by atoms with van der Waals surface area (Å²) in [6.45, 7) is 4.75. The van der Waals surface area contributed by atoms with Gasteiger partial charge < -0.3 is 9.88 Å². The highest BCUT2D eigenvalue weighted by atomic mass is 32.2. The Hall–Kier alpha value is -3.98. The van der Waals surface area contributed by atoms with E-state index >= 15 is 0 Å². The molecule has 4 rings (SSSR count). The van der Waals surface area contributed by atoms with Crippen molar-refractivity contribution < 1.29 is 18.0 Å². The van der Waals surface area contributed by atoms with Crippen LogP contribution < -0.4 is 10.0 Å². The first-order valence-corrected chi connectivity index (χ1v) is 15.1. The van der Waals surface area contributed by atoms with Gasteiger partial charge in [0.25, 0.3) is 5.91 Å². The number of benzene rings is 3. The van der Waals surface area contributed by atoms with Crippen LogP contribution in [0.3, 0.4) is 0 Å². The molecule has 0 saturated heterocycles. The third kappa shape index (κ3) is 7.11. The lowest BCUT2D eigenvalue weighted by molar-refractivity contribution is -0.116. The van der Waals surface area contributed by atoms with Gasteiger partial charge in [-0.1, -0.05) is 62.7 Å². The van der Waals surface area contributed by atoms with Crippen LogP contribution in [0.15, 0.2) is 66.7 Å². The van der Waals surface area contributed by atoms with E-state index in [-0.39, 0.29) is 5.91 Å². The van der Waals surface area contributed by atoms with Gasteiger partial charge in [0.15, 0.2) is 0 Å². The molecule has 0 unspecified atom stereocenters. The smallest absolute Gasteiger partial charge is 0.265 e. The minimum Gasteiger partial charge on any atom is -0.326 e. The van der Waals surface area contributed by atoms with E-state index in [1.807, 2.05) is 60.2 Å². The van der Waals surface area contributed by atoms with Gasteiger partial charge in [0, 0.05) is 30.6 Å². The van der Waals surface area contributed by atoms with Crippen LogP contribution >= 0.6 is 0 Å². The Balaban J connectivity index is 1.62. The molecule has 3 aromatic carbocycles. The van der Waals surface area contributed by atoms with Gasteiger partial charge in [-0.15, -0.1) is 0 Å². The molecule has 9 heteroatoms. The van der Waals surface area contributed by atoms with Crippen molar-refractivity contribution in [3.63, 3.8) is 0 Å². The van der Waals surface area contributed by atoms with E-state index < -0.39 is 15.9 Å². The largest absolute Gasteiger partial charge is 0.326 e. The maximum atomic E-state index is 12.6. The van der Waals surface area contributed by atoms with Crippen molar-refractivity contribution in [2.75, 3.05) is 11.6 Å². The average molecular weight is 547 g/mol. The van der Waals surface area contributed by atoms with Gasteiger partial charge in [0.1, 0.15) is 5.82 Å². The fraction of sp³-hybridized carbons (Fsp3) is 0.300. The Morgan fingerprint density at radius 2 is 1.69 bits per heavy atom. The molecule has 2 amide bonds. The van der Waals surface area contributed by atoms with E-state index in [1.54, 1.807) is 18.2 Å². The van der Waals surface area contributed by atoms with E-state index in [0.717, 1.165) is 65.6 Å². The van der Waals surface area contributed by atoms with Crippen LogP contribution in [-0.4, -0.2) is 36.0 Å². The van der Waals surface area contributed by atoms with Crippen molar-refractivity contribution in [2.45, 2.75) is 52.5 Å². The summed E-state index contributed by atoms with van der Waals surface area (Å²) in [5.41, 5.74) is 5.41. The van der Waals surface area contributed by atoms with Crippen LogP contribution in [0.1, 0.15) is 61.3 Å². The number of anilines is 1.